The molecule has 0 atom stereocenters. The normalized spacial score (nSPS) is 10.7. The van der Waals surface area contributed by atoms with Crippen LogP contribution in [0.4, 0.5) is 0 Å². The van der Waals surface area contributed by atoms with Crippen molar-refractivity contribution in [3.05, 3.63) is 54.4 Å². The highest BCUT2D eigenvalue weighted by molar-refractivity contribution is 5.96. The number of hydrogen-bond donors (Lipinski definition) is 3. The first-order valence-corrected chi connectivity index (χ1v) is 6.71. The van der Waals surface area contributed by atoms with Gasteiger partial charge in [-0.3, -0.25) is 4.79 Å². The Morgan fingerprint density at radius 3 is 2.76 bits per heavy atom. The second-order valence-corrected chi connectivity index (χ2v) is 4.66. The molecular weight excluding hydrogens is 266 g/mol. The van der Waals surface area contributed by atoms with Gasteiger partial charge in [-0.25, -0.2) is 4.98 Å². The third kappa shape index (κ3) is 2.64. The number of carbonyl (C=O) groups is 1. The lowest BCUT2D eigenvalue weighted by Gasteiger charge is -2.06. The Morgan fingerprint density at radius 1 is 1.19 bits per heavy atom. The van der Waals surface area contributed by atoms with Crippen LogP contribution in [0, 0.1) is 0 Å². The molecule has 0 saturated heterocycles. The van der Waals surface area contributed by atoms with Gasteiger partial charge in [0.25, 0.3) is 5.91 Å². The minimum Gasteiger partial charge on any atom is -0.395 e. The van der Waals surface area contributed by atoms with Gasteiger partial charge in [-0.2, -0.15) is 0 Å². The van der Waals surface area contributed by atoms with Gasteiger partial charge < -0.3 is 15.4 Å². The minimum absolute atomic E-state index is 0.0632. The fourth-order valence-electron chi connectivity index (χ4n) is 2.29. The van der Waals surface area contributed by atoms with Crippen LogP contribution in [0.3, 0.4) is 0 Å². The number of rotatable bonds is 4. The Labute approximate surface area is 121 Å². The predicted molar refractivity (Wildman–Crippen MR) is 80.9 cm³/mol. The molecule has 0 aliphatic carbocycles. The molecule has 3 aromatic rings. The van der Waals surface area contributed by atoms with Crippen LogP contribution in [-0.2, 0) is 0 Å². The molecule has 2 heterocycles. The maximum Gasteiger partial charge on any atom is 0.251 e. The van der Waals surface area contributed by atoms with Crippen LogP contribution < -0.4 is 5.32 Å². The Hall–Kier alpha value is -2.66. The number of H-pyrrole nitrogens is 1. The molecule has 0 radical (unpaired) electrons. The van der Waals surface area contributed by atoms with Gasteiger partial charge in [-0.1, -0.05) is 12.1 Å². The highest BCUT2D eigenvalue weighted by atomic mass is 16.3. The van der Waals surface area contributed by atoms with Crippen molar-refractivity contribution in [3.63, 3.8) is 0 Å². The third-order valence-corrected chi connectivity index (χ3v) is 3.32. The van der Waals surface area contributed by atoms with E-state index in [4.69, 9.17) is 5.11 Å². The van der Waals surface area contributed by atoms with E-state index in [1.165, 1.54) is 0 Å². The Kier molecular flexibility index (Phi) is 3.66. The van der Waals surface area contributed by atoms with Crippen LogP contribution in [0.25, 0.3) is 22.2 Å². The van der Waals surface area contributed by atoms with Crippen LogP contribution in [0.15, 0.2) is 48.8 Å². The Bertz CT molecular complexity index is 763. The summed E-state index contributed by atoms with van der Waals surface area (Å²) in [7, 11) is 0. The van der Waals surface area contributed by atoms with E-state index < -0.39 is 0 Å². The first kappa shape index (κ1) is 13.3. The smallest absolute Gasteiger partial charge is 0.251 e. The molecule has 0 fully saturated rings. The van der Waals surface area contributed by atoms with Crippen molar-refractivity contribution < 1.29 is 9.90 Å². The molecule has 106 valence electrons. The zero-order valence-electron chi connectivity index (χ0n) is 11.3. The number of aromatic amines is 1. The van der Waals surface area contributed by atoms with Gasteiger partial charge in [0.05, 0.1) is 6.61 Å². The van der Waals surface area contributed by atoms with Gasteiger partial charge in [0, 0.05) is 29.9 Å². The lowest BCUT2D eigenvalue weighted by molar-refractivity contribution is 0.0945. The molecule has 5 nitrogen and oxygen atoms in total. The summed E-state index contributed by atoms with van der Waals surface area (Å²) in [6, 6.07) is 11.3. The Morgan fingerprint density at radius 2 is 2.00 bits per heavy atom. The van der Waals surface area contributed by atoms with Crippen molar-refractivity contribution in [1.29, 1.82) is 0 Å². The van der Waals surface area contributed by atoms with E-state index in [0.29, 0.717) is 5.56 Å². The van der Waals surface area contributed by atoms with Crippen LogP contribution in [0.2, 0.25) is 0 Å². The predicted octanol–water partition coefficient (Wildman–Crippen LogP) is 1.95. The Balaban J connectivity index is 1.90. The van der Waals surface area contributed by atoms with E-state index in [2.05, 4.69) is 15.3 Å². The standard InChI is InChI=1S/C16H15N3O2/c20-10-9-19-16(21)12-3-1-11(2-4-12)13-5-7-17-15-14(13)6-8-18-15/h1-8,20H,9-10H2,(H,17,18)(H,19,21). The summed E-state index contributed by atoms with van der Waals surface area (Å²) < 4.78 is 0. The number of carbonyl (C=O) groups excluding carboxylic acids is 1. The highest BCUT2D eigenvalue weighted by Crippen LogP contribution is 2.26. The van der Waals surface area contributed by atoms with E-state index >= 15 is 0 Å². The largest absolute Gasteiger partial charge is 0.395 e. The number of pyridine rings is 1. The van der Waals surface area contributed by atoms with Gasteiger partial charge in [-0.15, -0.1) is 0 Å². The summed E-state index contributed by atoms with van der Waals surface area (Å²) in [6.07, 6.45) is 3.62. The molecule has 3 rings (SSSR count). The molecule has 1 aromatic carbocycles. The topological polar surface area (TPSA) is 78.0 Å². The number of hydrogen-bond acceptors (Lipinski definition) is 3. The van der Waals surface area contributed by atoms with Crippen molar-refractivity contribution in [2.45, 2.75) is 0 Å². The summed E-state index contributed by atoms with van der Waals surface area (Å²) in [5.41, 5.74) is 3.52. The van der Waals surface area contributed by atoms with Crippen molar-refractivity contribution in [1.82, 2.24) is 15.3 Å². The van der Waals surface area contributed by atoms with Gasteiger partial charge in [0.1, 0.15) is 5.65 Å². The molecule has 0 saturated carbocycles. The lowest BCUT2D eigenvalue weighted by Crippen LogP contribution is -2.26. The third-order valence-electron chi connectivity index (χ3n) is 3.32. The maximum atomic E-state index is 11.8. The van der Waals surface area contributed by atoms with E-state index in [9.17, 15) is 4.79 Å². The van der Waals surface area contributed by atoms with Crippen molar-refractivity contribution in [2.75, 3.05) is 13.2 Å². The molecule has 2 aromatic heterocycles. The van der Waals surface area contributed by atoms with Crippen molar-refractivity contribution in [2.24, 2.45) is 0 Å². The fourth-order valence-corrected chi connectivity index (χ4v) is 2.29. The fraction of sp³-hybridized carbons (Fsp3) is 0.125. The first-order chi connectivity index (χ1) is 10.3. The minimum atomic E-state index is -0.183. The maximum absolute atomic E-state index is 11.8. The number of benzene rings is 1. The average molecular weight is 281 g/mol. The van der Waals surface area contributed by atoms with E-state index in [0.717, 1.165) is 22.2 Å². The SMILES string of the molecule is O=C(NCCO)c1ccc(-c2ccnc3[nH]ccc23)cc1. The summed E-state index contributed by atoms with van der Waals surface area (Å²) in [4.78, 5) is 19.1. The summed E-state index contributed by atoms with van der Waals surface area (Å²) >= 11 is 0. The second-order valence-electron chi connectivity index (χ2n) is 4.66. The molecule has 0 spiro atoms. The number of amides is 1. The number of aliphatic hydroxyl groups excluding tert-OH is 1. The molecule has 1 amide bonds. The number of nitrogens with zero attached hydrogens (tertiary/aromatic N) is 1. The highest BCUT2D eigenvalue weighted by Gasteiger charge is 2.08. The van der Waals surface area contributed by atoms with Gasteiger partial charge in [-0.05, 0) is 35.4 Å². The molecule has 3 N–H and O–H groups in total. The van der Waals surface area contributed by atoms with Crippen molar-refractivity contribution in [3.8, 4) is 11.1 Å². The van der Waals surface area contributed by atoms with E-state index in [1.807, 2.05) is 30.5 Å². The summed E-state index contributed by atoms with van der Waals surface area (Å²) in [5, 5.41) is 12.4. The first-order valence-electron chi connectivity index (χ1n) is 6.71. The van der Waals surface area contributed by atoms with Crippen LogP contribution >= 0.6 is 0 Å². The number of fused-ring (bicyclic) bond motifs is 1. The van der Waals surface area contributed by atoms with Crippen molar-refractivity contribution >= 4 is 16.9 Å². The number of nitrogens with one attached hydrogen (secondary N) is 2. The average Bonchev–Trinajstić information content (AvgIpc) is 3.01. The summed E-state index contributed by atoms with van der Waals surface area (Å²) in [6.45, 7) is 0.196. The molecular formula is C16H15N3O2. The molecule has 0 aliphatic heterocycles. The van der Waals surface area contributed by atoms with Gasteiger partial charge >= 0.3 is 0 Å². The molecule has 0 bridgehead atoms. The lowest BCUT2D eigenvalue weighted by atomic mass is 10.0. The molecule has 0 aliphatic rings. The zero-order valence-corrected chi connectivity index (χ0v) is 11.3. The molecule has 21 heavy (non-hydrogen) atoms. The summed E-state index contributed by atoms with van der Waals surface area (Å²) in [5.74, 6) is -0.183. The molecule has 0 unspecified atom stereocenters. The van der Waals surface area contributed by atoms with Crippen LogP contribution in [0.5, 0.6) is 0 Å². The van der Waals surface area contributed by atoms with Gasteiger partial charge in [0.2, 0.25) is 0 Å². The van der Waals surface area contributed by atoms with E-state index in [-0.39, 0.29) is 19.1 Å². The second kappa shape index (κ2) is 5.76. The number of aromatic nitrogens is 2. The monoisotopic (exact) mass is 281 g/mol. The van der Waals surface area contributed by atoms with E-state index in [1.54, 1.807) is 18.3 Å². The molecule has 5 heteroatoms. The van der Waals surface area contributed by atoms with Crippen LogP contribution in [0.1, 0.15) is 10.4 Å². The van der Waals surface area contributed by atoms with Gasteiger partial charge in [0.15, 0.2) is 0 Å². The zero-order chi connectivity index (χ0) is 14.7. The quantitative estimate of drug-likeness (QED) is 0.684. The van der Waals surface area contributed by atoms with Crippen LogP contribution in [-0.4, -0.2) is 34.1 Å². The number of aliphatic hydroxyl groups is 1.